The van der Waals surface area contributed by atoms with Crippen LogP contribution in [0.15, 0.2) is 58.2 Å². The summed E-state index contributed by atoms with van der Waals surface area (Å²) in [5.74, 6) is 0.190. The van der Waals surface area contributed by atoms with Gasteiger partial charge in [0.1, 0.15) is 0 Å². The Morgan fingerprint density at radius 2 is 1.89 bits per heavy atom. The number of alkyl halides is 3. The van der Waals surface area contributed by atoms with Crippen molar-refractivity contribution in [3.05, 3.63) is 76.3 Å². The molecule has 3 aromatic rings. The van der Waals surface area contributed by atoms with Gasteiger partial charge in [0.2, 0.25) is 11.8 Å². The molecular formula is C25H18F3N5O3. The van der Waals surface area contributed by atoms with E-state index < -0.39 is 23.8 Å². The maximum Gasteiger partial charge on any atom is 0.416 e. The van der Waals surface area contributed by atoms with Crippen LogP contribution in [0.3, 0.4) is 0 Å². The smallest absolute Gasteiger partial charge is 0.416 e. The lowest BCUT2D eigenvalue weighted by Crippen LogP contribution is -2.48. The van der Waals surface area contributed by atoms with Crippen molar-refractivity contribution in [3.8, 4) is 17.5 Å². The molecule has 1 unspecified atom stereocenters. The Labute approximate surface area is 203 Å². The molecule has 2 aromatic carbocycles. The Morgan fingerprint density at radius 3 is 2.56 bits per heavy atom. The molecule has 36 heavy (non-hydrogen) atoms. The Morgan fingerprint density at radius 1 is 1.11 bits per heavy atom. The van der Waals surface area contributed by atoms with Gasteiger partial charge in [-0.2, -0.15) is 18.4 Å². The summed E-state index contributed by atoms with van der Waals surface area (Å²) in [6, 6.07) is 9.77. The second-order valence-corrected chi connectivity index (χ2v) is 8.50. The SMILES string of the molecule is Cc1nnc(-c2cc(C#N)ccc2C2C3=C(CCC3=O)N(c3cccc(C(F)(F)F)c3)C(=O)N2C)o1. The van der Waals surface area contributed by atoms with Crippen LogP contribution in [0.25, 0.3) is 11.5 Å². The average molecular weight is 493 g/mol. The van der Waals surface area contributed by atoms with Crippen LogP contribution >= 0.6 is 0 Å². The van der Waals surface area contributed by atoms with Crippen molar-refractivity contribution in [2.45, 2.75) is 32.0 Å². The van der Waals surface area contributed by atoms with Gasteiger partial charge in [-0.15, -0.1) is 10.2 Å². The maximum atomic E-state index is 13.6. The number of hydrogen-bond donors (Lipinski definition) is 0. The third kappa shape index (κ3) is 3.71. The molecule has 8 nitrogen and oxygen atoms in total. The average Bonchev–Trinajstić information content (AvgIpc) is 3.45. The Bertz CT molecular complexity index is 1480. The molecule has 0 saturated heterocycles. The predicted octanol–water partition coefficient (Wildman–Crippen LogP) is 5.17. The summed E-state index contributed by atoms with van der Waals surface area (Å²) in [5.41, 5.74) is 0.964. The molecule has 2 heterocycles. The molecule has 0 spiro atoms. The van der Waals surface area contributed by atoms with Crippen molar-refractivity contribution >= 4 is 17.5 Å². The zero-order valence-electron chi connectivity index (χ0n) is 19.1. The van der Waals surface area contributed by atoms with E-state index in [1.807, 2.05) is 6.07 Å². The van der Waals surface area contributed by atoms with E-state index in [4.69, 9.17) is 4.42 Å². The number of nitriles is 1. The molecule has 11 heteroatoms. The Hall–Kier alpha value is -4.46. The van der Waals surface area contributed by atoms with Crippen LogP contribution in [-0.4, -0.2) is 34.0 Å². The molecule has 0 radical (unpaired) electrons. The summed E-state index contributed by atoms with van der Waals surface area (Å²) in [6.45, 7) is 1.61. The van der Waals surface area contributed by atoms with Crippen molar-refractivity contribution < 1.29 is 27.2 Å². The number of rotatable bonds is 3. The van der Waals surface area contributed by atoms with E-state index in [9.17, 15) is 28.0 Å². The molecule has 1 atom stereocenters. The number of halogens is 3. The molecule has 182 valence electrons. The van der Waals surface area contributed by atoms with Crippen LogP contribution in [0, 0.1) is 18.3 Å². The van der Waals surface area contributed by atoms with Crippen LogP contribution in [0.2, 0.25) is 0 Å². The first-order valence-electron chi connectivity index (χ1n) is 10.9. The zero-order chi connectivity index (χ0) is 25.8. The minimum atomic E-state index is -4.59. The molecule has 1 aromatic heterocycles. The Balaban J connectivity index is 1.70. The van der Waals surface area contributed by atoms with Crippen molar-refractivity contribution in [1.29, 1.82) is 5.26 Å². The number of benzene rings is 2. The molecule has 5 rings (SSSR count). The summed E-state index contributed by atoms with van der Waals surface area (Å²) in [5, 5.41) is 17.3. The summed E-state index contributed by atoms with van der Waals surface area (Å²) >= 11 is 0. The number of likely N-dealkylation sites (N-methyl/N-ethyl adjacent to an activating group) is 1. The van der Waals surface area contributed by atoms with Gasteiger partial charge in [0.15, 0.2) is 5.78 Å². The van der Waals surface area contributed by atoms with Gasteiger partial charge in [-0.3, -0.25) is 9.69 Å². The lowest BCUT2D eigenvalue weighted by molar-refractivity contribution is -0.137. The molecule has 0 N–H and O–H groups in total. The van der Waals surface area contributed by atoms with Gasteiger partial charge in [-0.1, -0.05) is 12.1 Å². The van der Waals surface area contributed by atoms with Crippen LogP contribution in [0.4, 0.5) is 23.7 Å². The minimum absolute atomic E-state index is 0.0231. The lowest BCUT2D eigenvalue weighted by Gasteiger charge is -2.40. The van der Waals surface area contributed by atoms with Crippen molar-refractivity contribution in [2.75, 3.05) is 11.9 Å². The second kappa shape index (κ2) is 8.34. The highest BCUT2D eigenvalue weighted by atomic mass is 19.4. The fourth-order valence-electron chi connectivity index (χ4n) is 4.69. The third-order valence-corrected chi connectivity index (χ3v) is 6.29. The van der Waals surface area contributed by atoms with Gasteiger partial charge in [-0.25, -0.2) is 4.79 Å². The first kappa shape index (κ1) is 23.3. The van der Waals surface area contributed by atoms with Crippen LogP contribution in [0.1, 0.15) is 41.5 Å². The number of allylic oxidation sites excluding steroid dienone is 1. The molecule has 0 bridgehead atoms. The topological polar surface area (TPSA) is 103 Å². The fraction of sp³-hybridized carbons (Fsp3) is 0.240. The highest BCUT2D eigenvalue weighted by Crippen LogP contribution is 2.47. The van der Waals surface area contributed by atoms with Crippen molar-refractivity contribution in [2.24, 2.45) is 0 Å². The van der Waals surface area contributed by atoms with E-state index >= 15 is 0 Å². The highest BCUT2D eigenvalue weighted by molar-refractivity contribution is 6.08. The van der Waals surface area contributed by atoms with Crippen molar-refractivity contribution in [3.63, 3.8) is 0 Å². The predicted molar refractivity (Wildman–Crippen MR) is 120 cm³/mol. The number of aryl methyl sites for hydroxylation is 1. The number of carbonyl (C=O) groups excluding carboxylic acids is 2. The number of nitrogens with zero attached hydrogens (tertiary/aromatic N) is 5. The van der Waals surface area contributed by atoms with Gasteiger partial charge in [0.05, 0.1) is 28.9 Å². The number of aromatic nitrogens is 2. The van der Waals surface area contributed by atoms with E-state index in [-0.39, 0.29) is 30.2 Å². The normalized spacial score (nSPS) is 18.1. The van der Waals surface area contributed by atoms with E-state index in [2.05, 4.69) is 10.2 Å². The number of urea groups is 1. The maximum absolute atomic E-state index is 13.6. The highest BCUT2D eigenvalue weighted by Gasteiger charge is 2.45. The number of ketones is 1. The number of amides is 2. The molecule has 2 aliphatic rings. The number of anilines is 1. The van der Waals surface area contributed by atoms with Gasteiger partial charge in [0.25, 0.3) is 0 Å². The quantitative estimate of drug-likeness (QED) is 0.499. The first-order chi connectivity index (χ1) is 17.1. The van der Waals surface area contributed by atoms with E-state index in [0.717, 1.165) is 12.1 Å². The van der Waals surface area contributed by atoms with Gasteiger partial charge < -0.3 is 9.32 Å². The zero-order valence-corrected chi connectivity index (χ0v) is 19.1. The third-order valence-electron chi connectivity index (χ3n) is 6.29. The standard InChI is InChI=1S/C25H18F3N5O3/c1-13-30-31-23(36-13)18-10-14(12-29)6-7-17(18)22-21-19(8-9-20(21)34)33(24(35)32(22)2)16-5-3-4-15(11-16)25(26,27)28/h3-7,10-11,22H,8-9H2,1-2H3. The minimum Gasteiger partial charge on any atom is -0.421 e. The molecule has 0 saturated carbocycles. The molecule has 0 fully saturated rings. The van der Waals surface area contributed by atoms with Gasteiger partial charge in [-0.05, 0) is 42.3 Å². The van der Waals surface area contributed by atoms with Crippen molar-refractivity contribution in [1.82, 2.24) is 15.1 Å². The lowest BCUT2D eigenvalue weighted by atomic mass is 9.89. The van der Waals surface area contributed by atoms with E-state index in [1.165, 1.54) is 29.0 Å². The second-order valence-electron chi connectivity index (χ2n) is 8.50. The molecular weight excluding hydrogens is 475 g/mol. The summed E-state index contributed by atoms with van der Waals surface area (Å²) in [4.78, 5) is 29.2. The number of carbonyl (C=O) groups is 2. The Kier molecular flexibility index (Phi) is 5.39. The van der Waals surface area contributed by atoms with Gasteiger partial charge >= 0.3 is 12.2 Å². The number of hydrogen-bond acceptors (Lipinski definition) is 6. The van der Waals surface area contributed by atoms with Crippen LogP contribution in [0.5, 0.6) is 0 Å². The molecule has 1 aliphatic heterocycles. The van der Waals surface area contributed by atoms with Crippen LogP contribution < -0.4 is 4.90 Å². The largest absolute Gasteiger partial charge is 0.421 e. The molecule has 1 aliphatic carbocycles. The summed E-state index contributed by atoms with van der Waals surface area (Å²) < 4.78 is 45.7. The van der Waals surface area contributed by atoms with E-state index in [0.29, 0.717) is 33.9 Å². The summed E-state index contributed by atoms with van der Waals surface area (Å²) in [6.07, 6.45) is -4.28. The first-order valence-corrected chi connectivity index (χ1v) is 10.9. The summed E-state index contributed by atoms with van der Waals surface area (Å²) in [7, 11) is 1.48. The van der Waals surface area contributed by atoms with Crippen LogP contribution in [-0.2, 0) is 11.0 Å². The fourth-order valence-corrected chi connectivity index (χ4v) is 4.69. The van der Waals surface area contributed by atoms with E-state index in [1.54, 1.807) is 25.1 Å². The number of Topliss-reactive ketones (excluding diaryl/α,β-unsaturated/α-hetero) is 1. The van der Waals surface area contributed by atoms with Gasteiger partial charge in [0, 0.05) is 37.2 Å². The monoisotopic (exact) mass is 493 g/mol. The molecule has 2 amide bonds.